The molecule has 0 aliphatic carbocycles. The lowest BCUT2D eigenvalue weighted by Gasteiger charge is -2.24. The van der Waals surface area contributed by atoms with Gasteiger partial charge in [-0.2, -0.15) is 26.3 Å². The quantitative estimate of drug-likeness (QED) is 0.299. The normalized spacial score (nSPS) is 13.0. The zero-order valence-electron chi connectivity index (χ0n) is 19.8. The molecule has 1 N–H and O–H groups in total. The van der Waals surface area contributed by atoms with Gasteiger partial charge in [0.25, 0.3) is 0 Å². The van der Waals surface area contributed by atoms with Gasteiger partial charge in [0.05, 0.1) is 11.5 Å². The van der Waals surface area contributed by atoms with Crippen LogP contribution in [-0.2, 0) is 23.8 Å². The van der Waals surface area contributed by atoms with E-state index in [0.717, 1.165) is 24.3 Å². The van der Waals surface area contributed by atoms with Gasteiger partial charge in [-0.25, -0.2) is 4.39 Å². The van der Waals surface area contributed by atoms with E-state index < -0.39 is 64.7 Å². The van der Waals surface area contributed by atoms with Gasteiger partial charge in [-0.1, -0.05) is 50.2 Å². The van der Waals surface area contributed by atoms with E-state index in [1.165, 1.54) is 0 Å². The number of aliphatic carboxylic acids is 1. The van der Waals surface area contributed by atoms with Gasteiger partial charge in [0, 0.05) is 5.56 Å². The van der Waals surface area contributed by atoms with Crippen LogP contribution in [0.15, 0.2) is 60.7 Å². The van der Waals surface area contributed by atoms with Gasteiger partial charge in [-0.05, 0) is 53.3 Å². The Morgan fingerprint density at radius 1 is 0.892 bits per heavy atom. The number of hydrogen-bond acceptors (Lipinski definition) is 2. The number of benzene rings is 3. The minimum absolute atomic E-state index is 0.119. The molecule has 3 aromatic rings. The molecule has 198 valence electrons. The summed E-state index contributed by atoms with van der Waals surface area (Å²) in [4.78, 5) is 12.1. The third-order valence-electron chi connectivity index (χ3n) is 5.66. The highest BCUT2D eigenvalue weighted by atomic mass is 19.4. The molecule has 1 atom stereocenters. The average molecular weight is 528 g/mol. The van der Waals surface area contributed by atoms with Crippen molar-refractivity contribution in [2.45, 2.75) is 45.1 Å². The molecule has 3 nitrogen and oxygen atoms in total. The van der Waals surface area contributed by atoms with Crippen LogP contribution in [0.25, 0.3) is 11.1 Å². The molecule has 0 radical (unpaired) electrons. The Morgan fingerprint density at radius 2 is 1.54 bits per heavy atom. The summed E-state index contributed by atoms with van der Waals surface area (Å²) in [6.45, 7) is 2.36. The van der Waals surface area contributed by atoms with Gasteiger partial charge < -0.3 is 9.84 Å². The number of halogens is 7. The fourth-order valence-corrected chi connectivity index (χ4v) is 4.05. The third-order valence-corrected chi connectivity index (χ3v) is 5.66. The Bertz CT molecular complexity index is 1250. The number of rotatable bonds is 8. The van der Waals surface area contributed by atoms with Gasteiger partial charge in [-0.3, -0.25) is 4.79 Å². The second-order valence-corrected chi connectivity index (χ2v) is 8.91. The van der Waals surface area contributed by atoms with Gasteiger partial charge in [0.2, 0.25) is 0 Å². The van der Waals surface area contributed by atoms with Gasteiger partial charge in [0.15, 0.2) is 0 Å². The molecule has 37 heavy (non-hydrogen) atoms. The van der Waals surface area contributed by atoms with Crippen molar-refractivity contribution in [2.75, 3.05) is 0 Å². The van der Waals surface area contributed by atoms with E-state index in [1.807, 2.05) is 0 Å². The lowest BCUT2D eigenvalue weighted by atomic mass is 9.85. The lowest BCUT2D eigenvalue weighted by Crippen LogP contribution is -2.21. The molecule has 0 saturated heterocycles. The van der Waals surface area contributed by atoms with Crippen molar-refractivity contribution < 1.29 is 45.4 Å². The standard InChI is InChI=1S/C27H23F7O3/c1-15(2)10-21(25(35)36)20-11-18(16-6-4-3-5-7-16)12-23(24(20)27(32,33)34)37-14-17-8-9-19(28)13-22(17)26(29,30)31/h3-9,11-13,15,21H,10,14H2,1-2H3,(H,35,36)/t21-/m1/s1. The van der Waals surface area contributed by atoms with Gasteiger partial charge >= 0.3 is 18.3 Å². The second-order valence-electron chi connectivity index (χ2n) is 8.91. The summed E-state index contributed by atoms with van der Waals surface area (Å²) in [6.07, 6.45) is -10.2. The van der Waals surface area contributed by atoms with Crippen molar-refractivity contribution in [3.05, 3.63) is 88.7 Å². The Morgan fingerprint density at radius 3 is 2.08 bits per heavy atom. The highest BCUT2D eigenvalue weighted by Crippen LogP contribution is 2.45. The van der Waals surface area contributed by atoms with E-state index in [-0.39, 0.29) is 24.0 Å². The van der Waals surface area contributed by atoms with E-state index in [4.69, 9.17) is 4.74 Å². The van der Waals surface area contributed by atoms with Crippen LogP contribution in [0, 0.1) is 11.7 Å². The van der Waals surface area contributed by atoms with Crippen LogP contribution in [0.4, 0.5) is 30.7 Å². The number of alkyl halides is 6. The van der Waals surface area contributed by atoms with Crippen molar-refractivity contribution in [1.29, 1.82) is 0 Å². The first kappa shape index (κ1) is 28.0. The minimum atomic E-state index is -5.08. The summed E-state index contributed by atoms with van der Waals surface area (Å²) in [5.41, 5.74) is -3.25. The lowest BCUT2D eigenvalue weighted by molar-refractivity contribution is -0.143. The molecule has 3 aromatic carbocycles. The van der Waals surface area contributed by atoms with Crippen LogP contribution < -0.4 is 4.74 Å². The fourth-order valence-electron chi connectivity index (χ4n) is 4.05. The Hall–Kier alpha value is -3.56. The Kier molecular flexibility index (Phi) is 8.19. The monoisotopic (exact) mass is 528 g/mol. The first-order valence-electron chi connectivity index (χ1n) is 11.2. The third kappa shape index (κ3) is 6.81. The van der Waals surface area contributed by atoms with Crippen molar-refractivity contribution in [3.63, 3.8) is 0 Å². The molecular weight excluding hydrogens is 505 g/mol. The zero-order valence-corrected chi connectivity index (χ0v) is 19.8. The summed E-state index contributed by atoms with van der Waals surface area (Å²) in [5, 5.41) is 9.81. The maximum absolute atomic E-state index is 14.3. The van der Waals surface area contributed by atoms with Crippen LogP contribution in [0.5, 0.6) is 5.75 Å². The molecule has 0 fully saturated rings. The number of ether oxygens (including phenoxy) is 1. The van der Waals surface area contributed by atoms with Gasteiger partial charge in [0.1, 0.15) is 23.7 Å². The van der Waals surface area contributed by atoms with Crippen LogP contribution in [-0.4, -0.2) is 11.1 Å². The van der Waals surface area contributed by atoms with E-state index in [2.05, 4.69) is 0 Å². The summed E-state index contributed by atoms with van der Waals surface area (Å²) < 4.78 is 102. The molecule has 0 saturated carbocycles. The van der Waals surface area contributed by atoms with Crippen LogP contribution in [0.3, 0.4) is 0 Å². The van der Waals surface area contributed by atoms with E-state index in [9.17, 15) is 40.6 Å². The summed E-state index contributed by atoms with van der Waals surface area (Å²) in [5.74, 6) is -5.30. The molecule has 10 heteroatoms. The largest absolute Gasteiger partial charge is 0.488 e. The second kappa shape index (κ2) is 10.8. The highest BCUT2D eigenvalue weighted by molar-refractivity contribution is 5.79. The maximum atomic E-state index is 14.3. The summed E-state index contributed by atoms with van der Waals surface area (Å²) in [6, 6.07) is 12.0. The Balaban J connectivity index is 2.23. The molecule has 0 spiro atoms. The number of carboxylic acid groups (broad SMARTS) is 1. The summed E-state index contributed by atoms with van der Waals surface area (Å²) >= 11 is 0. The Labute approximate surface area is 208 Å². The predicted octanol–water partition coefficient (Wildman–Crippen LogP) is 8.32. The molecule has 3 rings (SSSR count). The molecule has 0 aliphatic heterocycles. The average Bonchev–Trinajstić information content (AvgIpc) is 2.80. The molecule has 0 unspecified atom stereocenters. The SMILES string of the molecule is CC(C)C[C@@H](C(=O)O)c1cc(-c2ccccc2)cc(OCc2ccc(F)cc2C(F)(F)F)c1C(F)(F)F. The molecule has 0 aliphatic rings. The topological polar surface area (TPSA) is 46.5 Å². The van der Waals surface area contributed by atoms with Crippen molar-refractivity contribution in [2.24, 2.45) is 5.92 Å². The first-order chi connectivity index (χ1) is 17.2. The van der Waals surface area contributed by atoms with Crippen LogP contribution >= 0.6 is 0 Å². The smallest absolute Gasteiger partial charge is 0.420 e. The van der Waals surface area contributed by atoms with Crippen molar-refractivity contribution >= 4 is 5.97 Å². The van der Waals surface area contributed by atoms with Crippen molar-refractivity contribution in [3.8, 4) is 16.9 Å². The van der Waals surface area contributed by atoms with Gasteiger partial charge in [-0.15, -0.1) is 0 Å². The molecule has 0 amide bonds. The van der Waals surface area contributed by atoms with E-state index >= 15 is 0 Å². The fraction of sp³-hybridized carbons (Fsp3) is 0.296. The van der Waals surface area contributed by atoms with Crippen LogP contribution in [0.2, 0.25) is 0 Å². The zero-order chi connectivity index (χ0) is 27.5. The number of carboxylic acids is 1. The maximum Gasteiger partial charge on any atom is 0.420 e. The predicted molar refractivity (Wildman–Crippen MR) is 122 cm³/mol. The summed E-state index contributed by atoms with van der Waals surface area (Å²) in [7, 11) is 0. The highest BCUT2D eigenvalue weighted by Gasteiger charge is 2.41. The molecule has 0 bridgehead atoms. The molecule has 0 heterocycles. The first-order valence-corrected chi connectivity index (χ1v) is 11.2. The van der Waals surface area contributed by atoms with Crippen molar-refractivity contribution in [1.82, 2.24) is 0 Å². The minimum Gasteiger partial charge on any atom is -0.488 e. The van der Waals surface area contributed by atoms with E-state index in [1.54, 1.807) is 44.2 Å². The van der Waals surface area contributed by atoms with E-state index in [0.29, 0.717) is 5.56 Å². The number of carbonyl (C=O) groups is 1. The van der Waals surface area contributed by atoms with Crippen LogP contribution in [0.1, 0.15) is 48.4 Å². The molecule has 0 aromatic heterocycles. The number of hydrogen-bond donors (Lipinski definition) is 1. The molecular formula is C27H23F7O3.